The maximum absolute atomic E-state index is 11.7. The van der Waals surface area contributed by atoms with E-state index in [0.29, 0.717) is 6.54 Å². The van der Waals surface area contributed by atoms with Gasteiger partial charge in [0.1, 0.15) is 0 Å². The Hall–Kier alpha value is -1.73. The minimum Gasteiger partial charge on any atom is -0.481 e. The zero-order chi connectivity index (χ0) is 14.0. The van der Waals surface area contributed by atoms with E-state index in [2.05, 4.69) is 5.32 Å². The van der Waals surface area contributed by atoms with Gasteiger partial charge in [-0.1, -0.05) is 0 Å². The fraction of sp³-hybridized carbons (Fsp3) is 0.417. The predicted octanol–water partition coefficient (Wildman–Crippen LogP) is 0.222. The minimum atomic E-state index is -0.862. The normalized spacial score (nSPS) is 19.2. The number of imide groups is 1. The molecular weight excluding hydrogens is 268 g/mol. The molecule has 0 aliphatic carbocycles. The molecule has 0 bridgehead atoms. The van der Waals surface area contributed by atoms with Crippen molar-refractivity contribution < 1.29 is 19.5 Å². The van der Waals surface area contributed by atoms with Crippen LogP contribution >= 0.6 is 11.3 Å². The predicted molar refractivity (Wildman–Crippen MR) is 68.7 cm³/mol. The number of carboxylic acid groups (broad SMARTS) is 1. The number of likely N-dealkylation sites (tertiary alicyclic amines) is 1. The number of nitrogens with one attached hydrogen (secondary N) is 1. The summed E-state index contributed by atoms with van der Waals surface area (Å²) in [5, 5.41) is 11.7. The van der Waals surface area contributed by atoms with Crippen molar-refractivity contribution in [3.8, 4) is 0 Å². The molecule has 1 aliphatic heterocycles. The van der Waals surface area contributed by atoms with Gasteiger partial charge in [-0.2, -0.15) is 0 Å². The Morgan fingerprint density at radius 2 is 2.16 bits per heavy atom. The van der Waals surface area contributed by atoms with Crippen molar-refractivity contribution in [2.24, 2.45) is 0 Å². The van der Waals surface area contributed by atoms with Crippen molar-refractivity contribution in [1.82, 2.24) is 10.2 Å². The second kappa shape index (κ2) is 5.50. The number of hydrogen-bond acceptors (Lipinski definition) is 5. The van der Waals surface area contributed by atoms with Crippen LogP contribution in [0.1, 0.15) is 16.2 Å². The van der Waals surface area contributed by atoms with Crippen LogP contribution in [-0.2, 0) is 27.3 Å². The Labute approximate surface area is 114 Å². The van der Waals surface area contributed by atoms with Crippen LogP contribution in [0, 0.1) is 0 Å². The number of carbonyl (C=O) groups excluding carboxylic acids is 2. The van der Waals surface area contributed by atoms with Gasteiger partial charge >= 0.3 is 5.97 Å². The summed E-state index contributed by atoms with van der Waals surface area (Å²) < 4.78 is 0. The first-order valence-electron chi connectivity index (χ1n) is 5.80. The molecule has 19 heavy (non-hydrogen) atoms. The summed E-state index contributed by atoms with van der Waals surface area (Å²) in [5.41, 5.74) is 0. The van der Waals surface area contributed by atoms with Gasteiger partial charge in [0.15, 0.2) is 0 Å². The van der Waals surface area contributed by atoms with E-state index in [1.54, 1.807) is 6.07 Å². The Morgan fingerprint density at radius 1 is 1.47 bits per heavy atom. The highest BCUT2D eigenvalue weighted by Gasteiger charge is 2.35. The zero-order valence-corrected chi connectivity index (χ0v) is 11.2. The Bertz CT molecular complexity index is 526. The van der Waals surface area contributed by atoms with E-state index in [-0.39, 0.29) is 24.7 Å². The Kier molecular flexibility index (Phi) is 3.96. The molecule has 2 heterocycles. The van der Waals surface area contributed by atoms with Crippen molar-refractivity contribution in [2.45, 2.75) is 25.4 Å². The number of aliphatic carboxylic acids is 1. The van der Waals surface area contributed by atoms with Crippen LogP contribution in [0.3, 0.4) is 0 Å². The molecule has 1 fully saturated rings. The fourth-order valence-corrected chi connectivity index (χ4v) is 2.86. The van der Waals surface area contributed by atoms with Crippen LogP contribution in [-0.4, -0.2) is 40.9 Å². The average Bonchev–Trinajstić information content (AvgIpc) is 2.87. The first-order valence-corrected chi connectivity index (χ1v) is 6.62. The maximum atomic E-state index is 11.7. The fourth-order valence-electron chi connectivity index (χ4n) is 1.90. The van der Waals surface area contributed by atoms with Gasteiger partial charge in [0, 0.05) is 23.3 Å². The quantitative estimate of drug-likeness (QED) is 0.755. The number of hydrogen-bond donors (Lipinski definition) is 2. The summed E-state index contributed by atoms with van der Waals surface area (Å²) in [4.78, 5) is 36.4. The molecule has 102 valence electrons. The van der Waals surface area contributed by atoms with Gasteiger partial charge in [-0.05, 0) is 12.1 Å². The number of carboxylic acids is 1. The summed E-state index contributed by atoms with van der Waals surface area (Å²) >= 11 is 1.39. The van der Waals surface area contributed by atoms with E-state index < -0.39 is 12.0 Å². The molecule has 0 spiro atoms. The van der Waals surface area contributed by atoms with Crippen molar-refractivity contribution in [2.75, 3.05) is 7.05 Å². The van der Waals surface area contributed by atoms with Gasteiger partial charge in [0.2, 0.25) is 11.8 Å². The topological polar surface area (TPSA) is 86.7 Å². The Morgan fingerprint density at radius 3 is 2.74 bits per heavy atom. The standard InChI is InChI=1S/C12H14N2O4S/c1-14-10(15)5-9(12(14)18)13-6-8-3-2-7(19-8)4-11(16)17/h2-3,9,13H,4-6H2,1H3,(H,16,17). The molecule has 7 heteroatoms. The van der Waals surface area contributed by atoms with Gasteiger partial charge in [0.05, 0.1) is 18.9 Å². The molecule has 1 aromatic heterocycles. The van der Waals surface area contributed by atoms with Crippen molar-refractivity contribution in [3.63, 3.8) is 0 Å². The molecule has 1 aliphatic rings. The summed E-state index contributed by atoms with van der Waals surface area (Å²) in [6.07, 6.45) is 0.191. The summed E-state index contributed by atoms with van der Waals surface area (Å²) in [6.45, 7) is 0.460. The lowest BCUT2D eigenvalue weighted by atomic mass is 10.2. The van der Waals surface area contributed by atoms with E-state index in [1.807, 2.05) is 6.07 Å². The molecule has 0 saturated carbocycles. The van der Waals surface area contributed by atoms with Crippen molar-refractivity contribution in [3.05, 3.63) is 21.9 Å². The number of thiophene rings is 1. The molecule has 1 saturated heterocycles. The number of carbonyl (C=O) groups is 3. The van der Waals surface area contributed by atoms with Gasteiger partial charge in [-0.15, -0.1) is 11.3 Å². The molecule has 0 radical (unpaired) electrons. The molecule has 1 unspecified atom stereocenters. The van der Waals surface area contributed by atoms with Crippen LogP contribution in [0.25, 0.3) is 0 Å². The largest absolute Gasteiger partial charge is 0.481 e. The molecule has 2 amide bonds. The van der Waals surface area contributed by atoms with Crippen LogP contribution < -0.4 is 5.32 Å². The number of nitrogens with zero attached hydrogens (tertiary/aromatic N) is 1. The second-order valence-corrected chi connectivity index (χ2v) is 5.62. The Balaban J connectivity index is 1.89. The number of rotatable bonds is 5. The lowest BCUT2D eigenvalue weighted by Crippen LogP contribution is -2.36. The van der Waals surface area contributed by atoms with Crippen LogP contribution in [0.2, 0.25) is 0 Å². The van der Waals surface area contributed by atoms with E-state index >= 15 is 0 Å². The van der Waals surface area contributed by atoms with E-state index in [4.69, 9.17) is 5.11 Å². The number of likely N-dealkylation sites (N-methyl/N-ethyl adjacent to an activating group) is 1. The summed E-state index contributed by atoms with van der Waals surface area (Å²) in [7, 11) is 1.47. The van der Waals surface area contributed by atoms with E-state index in [9.17, 15) is 14.4 Å². The minimum absolute atomic E-state index is 0.00818. The molecule has 6 nitrogen and oxygen atoms in total. The second-order valence-electron chi connectivity index (χ2n) is 4.37. The molecule has 1 atom stereocenters. The van der Waals surface area contributed by atoms with Crippen LogP contribution in [0.5, 0.6) is 0 Å². The van der Waals surface area contributed by atoms with E-state index in [0.717, 1.165) is 14.7 Å². The van der Waals surface area contributed by atoms with Gasteiger partial charge in [0.25, 0.3) is 0 Å². The lowest BCUT2D eigenvalue weighted by Gasteiger charge is -2.09. The first-order chi connectivity index (χ1) is 8.97. The maximum Gasteiger partial charge on any atom is 0.308 e. The number of amides is 2. The van der Waals surface area contributed by atoms with Crippen LogP contribution in [0.15, 0.2) is 12.1 Å². The van der Waals surface area contributed by atoms with Crippen LogP contribution in [0.4, 0.5) is 0 Å². The third-order valence-corrected chi connectivity index (χ3v) is 4.03. The molecular formula is C12H14N2O4S. The van der Waals surface area contributed by atoms with Gasteiger partial charge in [-0.25, -0.2) is 0 Å². The van der Waals surface area contributed by atoms with Crippen molar-refractivity contribution >= 4 is 29.1 Å². The molecule has 0 aromatic carbocycles. The third kappa shape index (κ3) is 3.18. The summed E-state index contributed by atoms with van der Waals surface area (Å²) in [6, 6.07) is 3.13. The highest BCUT2D eigenvalue weighted by molar-refractivity contribution is 7.12. The SMILES string of the molecule is CN1C(=O)CC(NCc2ccc(CC(=O)O)s2)C1=O. The van der Waals surface area contributed by atoms with Gasteiger partial charge < -0.3 is 10.4 Å². The third-order valence-electron chi connectivity index (χ3n) is 2.95. The lowest BCUT2D eigenvalue weighted by molar-refractivity contribution is -0.138. The monoisotopic (exact) mass is 282 g/mol. The molecule has 1 aromatic rings. The summed E-state index contributed by atoms with van der Waals surface area (Å²) in [5.74, 6) is -1.26. The van der Waals surface area contributed by atoms with Crippen molar-refractivity contribution in [1.29, 1.82) is 0 Å². The highest BCUT2D eigenvalue weighted by Crippen LogP contribution is 2.18. The molecule has 2 rings (SSSR count). The molecule has 2 N–H and O–H groups in total. The smallest absolute Gasteiger partial charge is 0.308 e. The van der Waals surface area contributed by atoms with E-state index in [1.165, 1.54) is 18.4 Å². The zero-order valence-electron chi connectivity index (χ0n) is 10.4. The average molecular weight is 282 g/mol. The first kappa shape index (κ1) is 13.7. The highest BCUT2D eigenvalue weighted by atomic mass is 32.1. The van der Waals surface area contributed by atoms with Gasteiger partial charge in [-0.3, -0.25) is 19.3 Å².